The van der Waals surface area contributed by atoms with E-state index in [4.69, 9.17) is 4.74 Å². The zero-order chi connectivity index (χ0) is 14.3. The number of rotatable bonds is 8. The van der Waals surface area contributed by atoms with Gasteiger partial charge in [0.1, 0.15) is 0 Å². The molecule has 0 radical (unpaired) electrons. The zero-order valence-corrected chi connectivity index (χ0v) is 11.7. The van der Waals surface area contributed by atoms with Gasteiger partial charge in [-0.3, -0.25) is 14.5 Å². The summed E-state index contributed by atoms with van der Waals surface area (Å²) >= 11 is 0. The van der Waals surface area contributed by atoms with Gasteiger partial charge in [0.25, 0.3) is 0 Å². The molecule has 0 bridgehead atoms. The van der Waals surface area contributed by atoms with Crippen molar-refractivity contribution < 1.29 is 14.3 Å². The van der Waals surface area contributed by atoms with Gasteiger partial charge >= 0.3 is 0 Å². The molecule has 6 heteroatoms. The van der Waals surface area contributed by atoms with Gasteiger partial charge in [-0.2, -0.15) is 0 Å². The fraction of sp³-hybridized carbons (Fsp3) is 0.538. The Morgan fingerprint density at radius 1 is 1.42 bits per heavy atom. The van der Waals surface area contributed by atoms with Gasteiger partial charge in [0.2, 0.25) is 5.91 Å². The Hall–Kier alpha value is -1.66. The SMILES string of the molecule is COCCNC(=O)CN(C)CC(=O)c1ccn(C)c1. The highest BCUT2D eigenvalue weighted by Gasteiger charge is 2.12. The molecule has 1 amide bonds. The van der Waals surface area contributed by atoms with E-state index in [0.717, 1.165) is 0 Å². The number of hydrogen-bond acceptors (Lipinski definition) is 4. The van der Waals surface area contributed by atoms with Crippen molar-refractivity contribution in [3.05, 3.63) is 24.0 Å². The van der Waals surface area contributed by atoms with Crippen LogP contribution in [0.15, 0.2) is 18.5 Å². The second kappa shape index (κ2) is 7.70. The van der Waals surface area contributed by atoms with E-state index in [1.807, 2.05) is 17.8 Å². The number of aromatic nitrogens is 1. The van der Waals surface area contributed by atoms with Crippen LogP contribution in [0, 0.1) is 0 Å². The molecule has 0 saturated carbocycles. The minimum atomic E-state index is -0.111. The number of aryl methyl sites for hydroxylation is 1. The zero-order valence-electron chi connectivity index (χ0n) is 11.7. The molecular formula is C13H21N3O3. The van der Waals surface area contributed by atoms with E-state index < -0.39 is 0 Å². The lowest BCUT2D eigenvalue weighted by Crippen LogP contribution is -2.38. The van der Waals surface area contributed by atoms with Crippen LogP contribution in [0.1, 0.15) is 10.4 Å². The number of nitrogens with one attached hydrogen (secondary N) is 1. The van der Waals surface area contributed by atoms with Crippen LogP contribution < -0.4 is 5.32 Å². The summed E-state index contributed by atoms with van der Waals surface area (Å²) in [5, 5.41) is 2.71. The van der Waals surface area contributed by atoms with E-state index in [9.17, 15) is 9.59 Å². The molecule has 0 aliphatic rings. The minimum Gasteiger partial charge on any atom is -0.383 e. The van der Waals surface area contributed by atoms with Gasteiger partial charge in [-0.15, -0.1) is 0 Å². The Kier molecular flexibility index (Phi) is 6.24. The predicted molar refractivity (Wildman–Crippen MR) is 72.1 cm³/mol. The molecule has 106 valence electrons. The van der Waals surface area contributed by atoms with Crippen LogP contribution >= 0.6 is 0 Å². The first-order chi connectivity index (χ1) is 9.02. The average molecular weight is 267 g/mol. The van der Waals surface area contributed by atoms with Crippen LogP contribution in [0.2, 0.25) is 0 Å². The maximum absolute atomic E-state index is 11.9. The lowest BCUT2D eigenvalue weighted by molar-refractivity contribution is -0.122. The lowest BCUT2D eigenvalue weighted by Gasteiger charge is -2.14. The summed E-state index contributed by atoms with van der Waals surface area (Å²) in [6, 6.07) is 1.77. The molecule has 1 aromatic heterocycles. The van der Waals surface area contributed by atoms with Crippen LogP contribution in [0.25, 0.3) is 0 Å². The number of amides is 1. The summed E-state index contributed by atoms with van der Waals surface area (Å²) in [7, 11) is 5.19. The first kappa shape index (κ1) is 15.4. The fourth-order valence-electron chi connectivity index (χ4n) is 1.65. The van der Waals surface area contributed by atoms with Crippen molar-refractivity contribution in [1.82, 2.24) is 14.8 Å². The quantitative estimate of drug-likeness (QED) is 0.528. The summed E-state index contributed by atoms with van der Waals surface area (Å²) in [4.78, 5) is 25.1. The molecule has 0 aliphatic carbocycles. The summed E-state index contributed by atoms with van der Waals surface area (Å²) in [5.41, 5.74) is 0.661. The first-order valence-corrected chi connectivity index (χ1v) is 6.12. The van der Waals surface area contributed by atoms with Gasteiger partial charge in [-0.05, 0) is 13.1 Å². The minimum absolute atomic E-state index is 0.00721. The molecule has 0 fully saturated rings. The van der Waals surface area contributed by atoms with Crippen molar-refractivity contribution in [2.75, 3.05) is 40.4 Å². The molecule has 1 N–H and O–H groups in total. The second-order valence-electron chi connectivity index (χ2n) is 4.50. The maximum Gasteiger partial charge on any atom is 0.234 e. The molecular weight excluding hydrogens is 246 g/mol. The third kappa shape index (κ3) is 5.67. The molecule has 1 rings (SSSR count). The number of nitrogens with zero attached hydrogens (tertiary/aromatic N) is 2. The van der Waals surface area contributed by atoms with E-state index in [-0.39, 0.29) is 24.8 Å². The Labute approximate surface area is 113 Å². The van der Waals surface area contributed by atoms with E-state index in [2.05, 4.69) is 5.32 Å². The van der Waals surface area contributed by atoms with Crippen LogP contribution in [0.5, 0.6) is 0 Å². The number of carbonyl (C=O) groups is 2. The van der Waals surface area contributed by atoms with E-state index >= 15 is 0 Å². The fourth-order valence-corrected chi connectivity index (χ4v) is 1.65. The lowest BCUT2D eigenvalue weighted by atomic mass is 10.2. The molecule has 0 aliphatic heterocycles. The number of hydrogen-bond donors (Lipinski definition) is 1. The third-order valence-electron chi connectivity index (χ3n) is 2.61. The highest BCUT2D eigenvalue weighted by Crippen LogP contribution is 2.01. The number of ether oxygens (including phenoxy) is 1. The van der Waals surface area contributed by atoms with Crippen molar-refractivity contribution in [1.29, 1.82) is 0 Å². The molecule has 1 aromatic rings. The van der Waals surface area contributed by atoms with Gasteiger partial charge in [0, 0.05) is 38.7 Å². The van der Waals surface area contributed by atoms with Gasteiger partial charge in [-0.25, -0.2) is 0 Å². The van der Waals surface area contributed by atoms with Crippen molar-refractivity contribution >= 4 is 11.7 Å². The summed E-state index contributed by atoms with van der Waals surface area (Å²) in [5.74, 6) is -0.104. The summed E-state index contributed by atoms with van der Waals surface area (Å²) < 4.78 is 6.66. The number of ketones is 1. The van der Waals surface area contributed by atoms with E-state index in [0.29, 0.717) is 18.7 Å². The van der Waals surface area contributed by atoms with Gasteiger partial charge in [0.05, 0.1) is 19.7 Å². The predicted octanol–water partition coefficient (Wildman–Crippen LogP) is -0.0978. The van der Waals surface area contributed by atoms with Crippen LogP contribution in [0.3, 0.4) is 0 Å². The van der Waals surface area contributed by atoms with Gasteiger partial charge in [0.15, 0.2) is 5.78 Å². The average Bonchev–Trinajstić information content (AvgIpc) is 2.76. The summed E-state index contributed by atoms with van der Waals surface area (Å²) in [6.45, 7) is 1.39. The maximum atomic E-state index is 11.9. The van der Waals surface area contributed by atoms with Crippen LogP contribution in [0.4, 0.5) is 0 Å². The number of carbonyl (C=O) groups excluding carboxylic acids is 2. The van der Waals surface area contributed by atoms with Crippen molar-refractivity contribution in [3.8, 4) is 0 Å². The monoisotopic (exact) mass is 267 g/mol. The topological polar surface area (TPSA) is 63.6 Å². The Morgan fingerprint density at radius 2 is 2.16 bits per heavy atom. The molecule has 0 unspecified atom stereocenters. The van der Waals surface area contributed by atoms with Gasteiger partial charge in [-0.1, -0.05) is 0 Å². The summed E-state index contributed by atoms with van der Waals surface area (Å²) in [6.07, 6.45) is 3.60. The molecule has 0 saturated heterocycles. The number of likely N-dealkylation sites (N-methyl/N-ethyl adjacent to an activating group) is 1. The van der Waals surface area contributed by atoms with Crippen LogP contribution in [-0.4, -0.2) is 61.6 Å². The highest BCUT2D eigenvalue weighted by atomic mass is 16.5. The van der Waals surface area contributed by atoms with Crippen molar-refractivity contribution in [2.45, 2.75) is 0 Å². The largest absolute Gasteiger partial charge is 0.383 e. The molecule has 19 heavy (non-hydrogen) atoms. The highest BCUT2D eigenvalue weighted by molar-refractivity contribution is 5.97. The molecule has 0 spiro atoms. The Balaban J connectivity index is 2.32. The second-order valence-corrected chi connectivity index (χ2v) is 4.50. The van der Waals surface area contributed by atoms with Crippen LogP contribution in [-0.2, 0) is 16.6 Å². The van der Waals surface area contributed by atoms with Crippen molar-refractivity contribution in [2.24, 2.45) is 7.05 Å². The van der Waals surface area contributed by atoms with Gasteiger partial charge < -0.3 is 14.6 Å². The Bertz CT molecular complexity index is 429. The molecule has 1 heterocycles. The first-order valence-electron chi connectivity index (χ1n) is 6.12. The molecule has 6 nitrogen and oxygen atoms in total. The normalized spacial score (nSPS) is 10.7. The molecule has 0 atom stereocenters. The van der Waals surface area contributed by atoms with E-state index in [1.165, 1.54) is 0 Å². The third-order valence-corrected chi connectivity index (χ3v) is 2.61. The standard InChI is InChI=1S/C13H21N3O3/c1-15-6-4-11(8-15)12(17)9-16(2)10-13(18)14-5-7-19-3/h4,6,8H,5,7,9-10H2,1-3H3,(H,14,18). The number of Topliss-reactive ketones (excluding diaryl/α,β-unsaturated/α-hetero) is 1. The molecule has 0 aromatic carbocycles. The number of methoxy groups -OCH3 is 1. The van der Waals surface area contributed by atoms with E-state index in [1.54, 1.807) is 31.3 Å². The van der Waals surface area contributed by atoms with Crippen molar-refractivity contribution in [3.63, 3.8) is 0 Å². The smallest absolute Gasteiger partial charge is 0.234 e. The Morgan fingerprint density at radius 3 is 2.74 bits per heavy atom.